The molecule has 0 bridgehead atoms. The van der Waals surface area contributed by atoms with E-state index in [4.69, 9.17) is 9.57 Å². The molecular weight excluding hydrogens is 398 g/mol. The predicted molar refractivity (Wildman–Crippen MR) is 94.2 cm³/mol. The van der Waals surface area contributed by atoms with Crippen LogP contribution < -0.4 is 15.6 Å². The number of hydrazine groups is 1. The van der Waals surface area contributed by atoms with Gasteiger partial charge in [-0.2, -0.15) is 0 Å². The highest BCUT2D eigenvalue weighted by Gasteiger charge is 2.09. The number of thiophene rings is 1. The lowest BCUT2D eigenvalue weighted by atomic mass is 10.2. The summed E-state index contributed by atoms with van der Waals surface area (Å²) in [6.07, 6.45) is 1.47. The smallest absolute Gasteiger partial charge is 0.279 e. The van der Waals surface area contributed by atoms with Gasteiger partial charge in [-0.3, -0.25) is 20.4 Å². The van der Waals surface area contributed by atoms with Crippen LogP contribution in [0.2, 0.25) is 0 Å². The van der Waals surface area contributed by atoms with Crippen molar-refractivity contribution in [3.8, 4) is 5.75 Å². The minimum Gasteiger partial charge on any atom is -0.497 e. The maximum atomic E-state index is 11.7. The molecule has 1 heterocycles. The second-order valence-electron chi connectivity index (χ2n) is 4.39. The quantitative estimate of drug-likeness (QED) is 0.563. The van der Waals surface area contributed by atoms with Gasteiger partial charge < -0.3 is 9.57 Å². The Morgan fingerprint density at radius 2 is 1.96 bits per heavy atom. The van der Waals surface area contributed by atoms with E-state index in [0.29, 0.717) is 4.88 Å². The average Bonchev–Trinajstić information content (AvgIpc) is 3.03. The summed E-state index contributed by atoms with van der Waals surface area (Å²) in [6.45, 7) is -0.318. The maximum Gasteiger partial charge on any atom is 0.279 e. The molecule has 126 valence electrons. The lowest BCUT2D eigenvalue weighted by molar-refractivity contribution is -0.126. The van der Waals surface area contributed by atoms with Gasteiger partial charge in [0.15, 0.2) is 6.61 Å². The molecule has 0 fully saturated rings. The normalized spacial score (nSPS) is 10.4. The van der Waals surface area contributed by atoms with E-state index < -0.39 is 11.8 Å². The van der Waals surface area contributed by atoms with Crippen molar-refractivity contribution in [1.82, 2.24) is 10.9 Å². The van der Waals surface area contributed by atoms with Crippen molar-refractivity contribution in [2.24, 2.45) is 5.16 Å². The van der Waals surface area contributed by atoms with E-state index in [1.54, 1.807) is 43.5 Å². The lowest BCUT2D eigenvalue weighted by Gasteiger charge is -2.05. The third kappa shape index (κ3) is 5.67. The fourth-order valence-electron chi connectivity index (χ4n) is 1.54. The Labute approximate surface area is 150 Å². The first-order valence-electron chi connectivity index (χ1n) is 6.72. The minimum atomic E-state index is -0.522. The Balaban J connectivity index is 1.69. The molecule has 2 amide bonds. The molecule has 0 aliphatic carbocycles. The Hall–Kier alpha value is -2.39. The van der Waals surface area contributed by atoms with Gasteiger partial charge in [-0.05, 0) is 57.9 Å². The molecule has 1 aromatic carbocycles. The molecule has 9 heteroatoms. The standard InChI is InChI=1S/C15H14BrN3O4S/c1-22-11-4-2-10(3-5-11)8-17-23-9-14(20)18-19-15(21)12-6-7-13(16)24-12/h2-8H,9H2,1H3,(H,18,20)(H,19,21)/b17-8-. The van der Waals surface area contributed by atoms with E-state index in [9.17, 15) is 9.59 Å². The van der Waals surface area contributed by atoms with Crippen molar-refractivity contribution in [3.05, 3.63) is 50.6 Å². The first-order valence-corrected chi connectivity index (χ1v) is 8.33. The molecule has 2 rings (SSSR count). The second kappa shape index (κ2) is 9.04. The highest BCUT2D eigenvalue weighted by Crippen LogP contribution is 2.21. The molecule has 0 aliphatic heterocycles. The van der Waals surface area contributed by atoms with Gasteiger partial charge in [0.05, 0.1) is 22.0 Å². The van der Waals surface area contributed by atoms with Crippen molar-refractivity contribution >= 4 is 45.3 Å². The number of nitrogens with one attached hydrogen (secondary N) is 2. The van der Waals surface area contributed by atoms with Crippen LogP contribution in [0.15, 0.2) is 45.3 Å². The predicted octanol–water partition coefficient (Wildman–Crippen LogP) is 2.33. The minimum absolute atomic E-state index is 0.318. The molecule has 0 radical (unpaired) electrons. The Bertz CT molecular complexity index is 731. The number of benzene rings is 1. The number of hydrogen-bond donors (Lipinski definition) is 2. The number of rotatable bonds is 6. The number of carbonyl (C=O) groups excluding carboxylic acids is 2. The fraction of sp³-hybridized carbons (Fsp3) is 0.133. The van der Waals surface area contributed by atoms with Gasteiger partial charge in [-0.15, -0.1) is 11.3 Å². The number of ether oxygens (including phenoxy) is 1. The zero-order valence-electron chi connectivity index (χ0n) is 12.6. The van der Waals surface area contributed by atoms with Crippen LogP contribution in [0, 0.1) is 0 Å². The van der Waals surface area contributed by atoms with Crippen LogP contribution in [0.5, 0.6) is 5.75 Å². The van der Waals surface area contributed by atoms with Gasteiger partial charge in [-0.25, -0.2) is 0 Å². The lowest BCUT2D eigenvalue weighted by Crippen LogP contribution is -2.42. The number of nitrogens with zero attached hydrogens (tertiary/aromatic N) is 1. The number of methoxy groups -OCH3 is 1. The molecule has 0 saturated heterocycles. The van der Waals surface area contributed by atoms with Crippen LogP contribution in [-0.2, 0) is 9.63 Å². The topological polar surface area (TPSA) is 89.0 Å². The van der Waals surface area contributed by atoms with Gasteiger partial charge >= 0.3 is 0 Å². The summed E-state index contributed by atoms with van der Waals surface area (Å²) >= 11 is 4.52. The van der Waals surface area contributed by atoms with Gasteiger partial charge in [0.25, 0.3) is 11.8 Å². The fourth-order valence-corrected chi connectivity index (χ4v) is 2.83. The van der Waals surface area contributed by atoms with Gasteiger partial charge in [0, 0.05) is 0 Å². The summed E-state index contributed by atoms with van der Waals surface area (Å²) in [6, 6.07) is 10.6. The van der Waals surface area contributed by atoms with Gasteiger partial charge in [0.1, 0.15) is 5.75 Å². The average molecular weight is 412 g/mol. The number of amides is 2. The number of halogens is 1. The van der Waals surface area contributed by atoms with Gasteiger partial charge in [-0.1, -0.05) is 5.16 Å². The van der Waals surface area contributed by atoms with Crippen LogP contribution in [0.4, 0.5) is 0 Å². The molecule has 2 N–H and O–H groups in total. The first kappa shape index (κ1) is 18.0. The summed E-state index contributed by atoms with van der Waals surface area (Å²) < 4.78 is 5.87. The van der Waals surface area contributed by atoms with E-state index in [-0.39, 0.29) is 6.61 Å². The van der Waals surface area contributed by atoms with Gasteiger partial charge in [0.2, 0.25) is 0 Å². The summed E-state index contributed by atoms with van der Waals surface area (Å²) in [5.41, 5.74) is 5.33. The molecule has 0 saturated carbocycles. The van der Waals surface area contributed by atoms with Crippen LogP contribution in [-0.4, -0.2) is 31.7 Å². The summed E-state index contributed by atoms with van der Waals surface area (Å²) in [7, 11) is 1.58. The van der Waals surface area contributed by atoms with Crippen LogP contribution >= 0.6 is 27.3 Å². The van der Waals surface area contributed by atoms with E-state index in [1.165, 1.54) is 17.6 Å². The molecule has 0 spiro atoms. The largest absolute Gasteiger partial charge is 0.497 e. The highest BCUT2D eigenvalue weighted by molar-refractivity contribution is 9.11. The Morgan fingerprint density at radius 1 is 1.21 bits per heavy atom. The SMILES string of the molecule is COc1ccc(/C=N\OCC(=O)NNC(=O)c2ccc(Br)s2)cc1. The van der Waals surface area contributed by atoms with Crippen LogP contribution in [0.25, 0.3) is 0 Å². The van der Waals surface area contributed by atoms with Crippen molar-refractivity contribution in [2.45, 2.75) is 0 Å². The maximum absolute atomic E-state index is 11.7. The zero-order valence-corrected chi connectivity index (χ0v) is 15.0. The molecule has 24 heavy (non-hydrogen) atoms. The summed E-state index contributed by atoms with van der Waals surface area (Å²) in [5, 5.41) is 3.68. The number of oxime groups is 1. The molecule has 0 atom stereocenters. The highest BCUT2D eigenvalue weighted by atomic mass is 79.9. The molecule has 7 nitrogen and oxygen atoms in total. The van der Waals surface area contributed by atoms with Crippen LogP contribution in [0.1, 0.15) is 15.2 Å². The van der Waals surface area contributed by atoms with E-state index in [2.05, 4.69) is 31.9 Å². The summed E-state index contributed by atoms with van der Waals surface area (Å²) in [4.78, 5) is 28.6. The monoisotopic (exact) mass is 411 g/mol. The van der Waals surface area contributed by atoms with Crippen molar-refractivity contribution in [3.63, 3.8) is 0 Å². The van der Waals surface area contributed by atoms with E-state index in [1.807, 2.05) is 0 Å². The molecule has 1 aromatic heterocycles. The second-order valence-corrected chi connectivity index (χ2v) is 6.85. The first-order chi connectivity index (χ1) is 11.6. The third-order valence-corrected chi connectivity index (χ3v) is 4.32. The van der Waals surface area contributed by atoms with E-state index in [0.717, 1.165) is 15.1 Å². The Morgan fingerprint density at radius 3 is 2.58 bits per heavy atom. The molecular formula is C15H14BrN3O4S. The van der Waals surface area contributed by atoms with Crippen LogP contribution in [0.3, 0.4) is 0 Å². The van der Waals surface area contributed by atoms with Crippen molar-refractivity contribution in [1.29, 1.82) is 0 Å². The summed E-state index contributed by atoms with van der Waals surface area (Å²) in [5.74, 6) is -0.187. The zero-order chi connectivity index (χ0) is 17.4. The Kier molecular flexibility index (Phi) is 6.76. The molecule has 0 aliphatic rings. The molecule has 0 unspecified atom stereocenters. The van der Waals surface area contributed by atoms with Crippen molar-refractivity contribution < 1.29 is 19.2 Å². The van der Waals surface area contributed by atoms with Crippen molar-refractivity contribution in [2.75, 3.05) is 13.7 Å². The molecule has 2 aromatic rings. The van der Waals surface area contributed by atoms with E-state index >= 15 is 0 Å². The number of hydrogen-bond acceptors (Lipinski definition) is 6. The number of carbonyl (C=O) groups is 2. The third-order valence-electron chi connectivity index (χ3n) is 2.70.